The van der Waals surface area contributed by atoms with E-state index in [0.717, 1.165) is 0 Å². The highest BCUT2D eigenvalue weighted by Crippen LogP contribution is 2.37. The summed E-state index contributed by atoms with van der Waals surface area (Å²) in [6, 6.07) is 4.79. The van der Waals surface area contributed by atoms with Gasteiger partial charge in [-0.2, -0.15) is 0 Å². The number of carboxylic acids is 1. The largest absolute Gasteiger partial charge is 0.477 e. The van der Waals surface area contributed by atoms with Gasteiger partial charge in [0.25, 0.3) is 11.6 Å². The number of β-lactam (4-membered cyclic amide) rings is 1. The van der Waals surface area contributed by atoms with Gasteiger partial charge in [-0.3, -0.25) is 24.6 Å². The van der Waals surface area contributed by atoms with Crippen molar-refractivity contribution in [2.45, 2.75) is 31.3 Å². The number of hydrogen-bond donors (Lipinski definition) is 2. The maximum Gasteiger partial charge on any atom is 0.352 e. The standard InChI is InChI=1S/C19H18N4O6/c20-15-14-5-4-10(16(19(26)27)22(14)18(15)25)8-11-6-7-21(17(11)24)12-2-1-3-13(9-12)23(28)29/h1-3,8-9,14-15H,4-7,20H2,(H,26,27)/b11-8+/t14-,15+/m1/s1. The van der Waals surface area contributed by atoms with E-state index < -0.39 is 22.8 Å². The molecule has 0 aliphatic carbocycles. The molecular weight excluding hydrogens is 380 g/mol. The smallest absolute Gasteiger partial charge is 0.352 e. The Morgan fingerprint density at radius 3 is 2.76 bits per heavy atom. The number of hydrogen-bond acceptors (Lipinski definition) is 6. The predicted octanol–water partition coefficient (Wildman–Crippen LogP) is 0.928. The highest BCUT2D eigenvalue weighted by Gasteiger charge is 2.50. The zero-order valence-electron chi connectivity index (χ0n) is 15.3. The van der Waals surface area contributed by atoms with E-state index in [4.69, 9.17) is 5.73 Å². The van der Waals surface area contributed by atoms with Crippen molar-refractivity contribution in [3.63, 3.8) is 0 Å². The molecule has 1 aromatic carbocycles. The Morgan fingerprint density at radius 2 is 2.07 bits per heavy atom. The van der Waals surface area contributed by atoms with Crippen LogP contribution >= 0.6 is 0 Å². The third-order valence-corrected chi connectivity index (χ3v) is 5.55. The van der Waals surface area contributed by atoms with Crippen LogP contribution in [-0.4, -0.2) is 51.3 Å². The Kier molecular flexibility index (Phi) is 4.42. The van der Waals surface area contributed by atoms with Crippen LogP contribution in [0.25, 0.3) is 0 Å². The van der Waals surface area contributed by atoms with Crippen molar-refractivity contribution in [2.75, 3.05) is 11.4 Å². The van der Waals surface area contributed by atoms with Gasteiger partial charge in [-0.15, -0.1) is 0 Å². The first-order valence-electron chi connectivity index (χ1n) is 9.11. The highest BCUT2D eigenvalue weighted by atomic mass is 16.6. The van der Waals surface area contributed by atoms with Crippen LogP contribution in [0.15, 0.2) is 47.2 Å². The number of fused-ring (bicyclic) bond motifs is 1. The zero-order valence-corrected chi connectivity index (χ0v) is 15.3. The maximum atomic E-state index is 12.8. The fourth-order valence-electron chi connectivity index (χ4n) is 4.09. The second-order valence-electron chi connectivity index (χ2n) is 7.17. The summed E-state index contributed by atoms with van der Waals surface area (Å²) in [5, 5.41) is 20.6. The number of carboxylic acid groups (broad SMARTS) is 1. The predicted molar refractivity (Wildman–Crippen MR) is 101 cm³/mol. The first-order valence-corrected chi connectivity index (χ1v) is 9.11. The van der Waals surface area contributed by atoms with E-state index in [1.165, 1.54) is 34.1 Å². The molecule has 0 spiro atoms. The van der Waals surface area contributed by atoms with Crippen LogP contribution in [0.4, 0.5) is 11.4 Å². The molecule has 2 amide bonds. The number of anilines is 1. The van der Waals surface area contributed by atoms with Crippen LogP contribution in [-0.2, 0) is 14.4 Å². The lowest BCUT2D eigenvalue weighted by Crippen LogP contribution is -2.69. The van der Waals surface area contributed by atoms with Crippen LogP contribution in [0.5, 0.6) is 0 Å². The van der Waals surface area contributed by atoms with Crippen molar-refractivity contribution in [1.29, 1.82) is 0 Å². The van der Waals surface area contributed by atoms with E-state index in [1.54, 1.807) is 6.07 Å². The third kappa shape index (κ3) is 2.97. The van der Waals surface area contributed by atoms with E-state index in [2.05, 4.69) is 0 Å². The molecule has 3 aliphatic rings. The van der Waals surface area contributed by atoms with Crippen molar-refractivity contribution >= 4 is 29.2 Å². The minimum Gasteiger partial charge on any atom is -0.477 e. The highest BCUT2D eigenvalue weighted by molar-refractivity contribution is 6.09. The Balaban J connectivity index is 1.64. The number of nitro benzene ring substituents is 1. The molecule has 10 nitrogen and oxygen atoms in total. The van der Waals surface area contributed by atoms with Crippen molar-refractivity contribution in [1.82, 2.24) is 4.90 Å². The third-order valence-electron chi connectivity index (χ3n) is 5.55. The van der Waals surface area contributed by atoms with Crippen molar-refractivity contribution in [3.05, 3.63) is 57.3 Å². The molecule has 29 heavy (non-hydrogen) atoms. The minimum atomic E-state index is -1.23. The number of carbonyl (C=O) groups excluding carboxylic acids is 2. The number of nitrogens with zero attached hydrogens (tertiary/aromatic N) is 3. The average Bonchev–Trinajstić information content (AvgIpc) is 3.07. The van der Waals surface area contributed by atoms with Crippen LogP contribution in [0.2, 0.25) is 0 Å². The molecule has 1 aromatic rings. The fraction of sp³-hybridized carbons (Fsp3) is 0.316. The first kappa shape index (κ1) is 18.8. The van der Waals surface area contributed by atoms with Gasteiger partial charge in [0.05, 0.1) is 16.7 Å². The van der Waals surface area contributed by atoms with E-state index in [-0.39, 0.29) is 23.3 Å². The molecule has 0 saturated carbocycles. The minimum absolute atomic E-state index is 0.116. The van der Waals surface area contributed by atoms with Gasteiger partial charge in [-0.1, -0.05) is 6.07 Å². The summed E-state index contributed by atoms with van der Waals surface area (Å²) < 4.78 is 0. The molecule has 2 saturated heterocycles. The lowest BCUT2D eigenvalue weighted by Gasteiger charge is -2.48. The molecule has 0 bridgehead atoms. The van der Waals surface area contributed by atoms with Crippen LogP contribution in [0, 0.1) is 10.1 Å². The van der Waals surface area contributed by atoms with Gasteiger partial charge in [0.2, 0.25) is 5.91 Å². The molecule has 3 heterocycles. The fourth-order valence-corrected chi connectivity index (χ4v) is 4.09. The lowest BCUT2D eigenvalue weighted by atomic mass is 9.83. The molecule has 0 aromatic heterocycles. The molecule has 2 atom stereocenters. The molecule has 150 valence electrons. The number of aliphatic carboxylic acids is 1. The molecule has 3 aliphatic heterocycles. The van der Waals surface area contributed by atoms with Crippen LogP contribution < -0.4 is 10.6 Å². The Bertz CT molecular complexity index is 1010. The lowest BCUT2D eigenvalue weighted by molar-refractivity contribution is -0.384. The molecular formula is C19H18N4O6. The van der Waals surface area contributed by atoms with Gasteiger partial charge in [-0.05, 0) is 37.0 Å². The van der Waals surface area contributed by atoms with Crippen molar-refractivity contribution in [3.8, 4) is 0 Å². The monoisotopic (exact) mass is 398 g/mol. The number of rotatable bonds is 4. The van der Waals surface area contributed by atoms with Gasteiger partial charge in [0.15, 0.2) is 0 Å². The molecule has 0 radical (unpaired) electrons. The zero-order chi connectivity index (χ0) is 20.9. The van der Waals surface area contributed by atoms with E-state index in [9.17, 15) is 29.6 Å². The SMILES string of the molecule is N[C@@H]1C(=O)N2C(C(=O)O)=C(/C=C3\CCN(c4cccc([N+](=O)[O-])c4)C3=O)CC[C@H]12. The van der Waals surface area contributed by atoms with Gasteiger partial charge in [0, 0.05) is 24.3 Å². The summed E-state index contributed by atoms with van der Waals surface area (Å²) in [6.07, 6.45) is 2.84. The van der Waals surface area contributed by atoms with Crippen molar-refractivity contribution in [2.24, 2.45) is 5.73 Å². The summed E-state index contributed by atoms with van der Waals surface area (Å²) >= 11 is 0. The van der Waals surface area contributed by atoms with Gasteiger partial charge in [0.1, 0.15) is 11.7 Å². The number of carbonyl (C=O) groups is 3. The molecule has 0 unspecified atom stereocenters. The maximum absolute atomic E-state index is 12.8. The van der Waals surface area contributed by atoms with E-state index in [0.29, 0.717) is 42.6 Å². The number of amides is 2. The summed E-state index contributed by atoms with van der Waals surface area (Å²) in [5.41, 5.74) is 6.74. The normalized spacial score (nSPS) is 25.3. The molecule has 2 fully saturated rings. The van der Waals surface area contributed by atoms with Gasteiger partial charge in [-0.25, -0.2) is 4.79 Å². The number of nitrogens with two attached hydrogens (primary N) is 1. The Labute approximate surface area is 165 Å². The Morgan fingerprint density at radius 1 is 1.31 bits per heavy atom. The van der Waals surface area contributed by atoms with Crippen molar-refractivity contribution < 1.29 is 24.4 Å². The number of benzene rings is 1. The van der Waals surface area contributed by atoms with Gasteiger partial charge >= 0.3 is 5.97 Å². The molecule has 3 N–H and O–H groups in total. The second-order valence-corrected chi connectivity index (χ2v) is 7.17. The van der Waals surface area contributed by atoms with E-state index >= 15 is 0 Å². The topological polar surface area (TPSA) is 147 Å². The summed E-state index contributed by atoms with van der Waals surface area (Å²) in [5.74, 6) is -2.00. The van der Waals surface area contributed by atoms with Crippen LogP contribution in [0.3, 0.4) is 0 Å². The summed E-state index contributed by atoms with van der Waals surface area (Å²) in [6.45, 7) is 0.331. The summed E-state index contributed by atoms with van der Waals surface area (Å²) in [7, 11) is 0. The quantitative estimate of drug-likeness (QED) is 0.332. The summed E-state index contributed by atoms with van der Waals surface area (Å²) in [4.78, 5) is 49.7. The number of non-ortho nitro benzene ring substituents is 1. The van der Waals surface area contributed by atoms with Gasteiger partial charge < -0.3 is 15.7 Å². The average molecular weight is 398 g/mol. The first-order chi connectivity index (χ1) is 13.8. The molecule has 10 heteroatoms. The van der Waals surface area contributed by atoms with E-state index in [1.807, 2.05) is 0 Å². The Hall–Kier alpha value is -3.53. The number of nitro groups is 1. The molecule has 4 rings (SSSR count). The van der Waals surface area contributed by atoms with Crippen LogP contribution in [0.1, 0.15) is 19.3 Å². The second kappa shape index (κ2) is 6.82. The number of allylic oxidation sites excluding steroid dienone is 2.